The number of hydrogen-bond acceptors (Lipinski definition) is 2. The second-order valence-corrected chi connectivity index (χ2v) is 6.50. The summed E-state index contributed by atoms with van der Waals surface area (Å²) in [4.78, 5) is 11.2. The SMILES string of the molecule is CC(=O)OC(C)(CC(Cl)(Cl)Cl)c1ccccc1. The van der Waals surface area contributed by atoms with E-state index in [0.29, 0.717) is 0 Å². The quantitative estimate of drug-likeness (QED) is 0.616. The van der Waals surface area contributed by atoms with Crippen LogP contribution in [-0.4, -0.2) is 9.76 Å². The zero-order chi connectivity index (χ0) is 13.1. The molecule has 5 heteroatoms. The molecule has 0 aliphatic carbocycles. The van der Waals surface area contributed by atoms with E-state index >= 15 is 0 Å². The van der Waals surface area contributed by atoms with Crippen LogP contribution in [0.2, 0.25) is 0 Å². The zero-order valence-corrected chi connectivity index (χ0v) is 11.8. The lowest BCUT2D eigenvalue weighted by molar-refractivity contribution is -0.157. The molecule has 17 heavy (non-hydrogen) atoms. The molecule has 0 amide bonds. The molecule has 0 aromatic heterocycles. The van der Waals surface area contributed by atoms with Crippen LogP contribution in [0.5, 0.6) is 0 Å². The van der Waals surface area contributed by atoms with E-state index in [9.17, 15) is 4.79 Å². The van der Waals surface area contributed by atoms with Crippen LogP contribution >= 0.6 is 34.8 Å². The summed E-state index contributed by atoms with van der Waals surface area (Å²) in [5, 5.41) is 0. The van der Waals surface area contributed by atoms with Gasteiger partial charge in [0.1, 0.15) is 5.60 Å². The summed E-state index contributed by atoms with van der Waals surface area (Å²) in [6.45, 7) is 3.06. The Bertz CT molecular complexity index is 386. The molecule has 1 rings (SSSR count). The first-order valence-corrected chi connectivity index (χ1v) is 6.18. The highest BCUT2D eigenvalue weighted by Crippen LogP contribution is 2.41. The number of benzene rings is 1. The lowest BCUT2D eigenvalue weighted by Crippen LogP contribution is -2.32. The van der Waals surface area contributed by atoms with E-state index in [0.717, 1.165) is 5.56 Å². The molecular weight excluding hydrogens is 282 g/mol. The Labute approximate surface area is 116 Å². The number of rotatable bonds is 3. The summed E-state index contributed by atoms with van der Waals surface area (Å²) < 4.78 is 3.82. The Morgan fingerprint density at radius 1 is 1.24 bits per heavy atom. The van der Waals surface area contributed by atoms with E-state index in [1.54, 1.807) is 6.92 Å². The molecule has 0 spiro atoms. The Hall–Kier alpha value is -0.440. The molecule has 94 valence electrons. The average molecular weight is 296 g/mol. The molecule has 0 saturated carbocycles. The van der Waals surface area contributed by atoms with Crippen LogP contribution in [0.4, 0.5) is 0 Å². The van der Waals surface area contributed by atoms with Crippen molar-refractivity contribution in [1.29, 1.82) is 0 Å². The molecule has 1 aromatic carbocycles. The van der Waals surface area contributed by atoms with Crippen molar-refractivity contribution in [3.63, 3.8) is 0 Å². The Balaban J connectivity index is 3.06. The summed E-state index contributed by atoms with van der Waals surface area (Å²) in [5.74, 6) is -0.411. The molecule has 0 N–H and O–H groups in total. The zero-order valence-electron chi connectivity index (χ0n) is 9.54. The molecule has 1 unspecified atom stereocenters. The molecule has 1 aromatic rings. The van der Waals surface area contributed by atoms with E-state index in [1.807, 2.05) is 30.3 Å². The van der Waals surface area contributed by atoms with Gasteiger partial charge in [-0.25, -0.2) is 0 Å². The normalized spacial score (nSPS) is 15.1. The summed E-state index contributed by atoms with van der Waals surface area (Å²) in [5.41, 5.74) is -0.153. The van der Waals surface area contributed by atoms with E-state index < -0.39 is 15.4 Å². The van der Waals surface area contributed by atoms with Gasteiger partial charge in [0.25, 0.3) is 0 Å². The van der Waals surface area contributed by atoms with Gasteiger partial charge in [0.05, 0.1) is 0 Å². The number of carbonyl (C=O) groups excluding carboxylic acids is 1. The van der Waals surface area contributed by atoms with E-state index in [-0.39, 0.29) is 6.42 Å². The fourth-order valence-electron chi connectivity index (χ4n) is 1.69. The fourth-order valence-corrected chi connectivity index (χ4v) is 2.45. The van der Waals surface area contributed by atoms with Gasteiger partial charge in [-0.15, -0.1) is 0 Å². The van der Waals surface area contributed by atoms with Crippen LogP contribution in [-0.2, 0) is 15.1 Å². The Morgan fingerprint density at radius 3 is 2.18 bits per heavy atom. The fraction of sp³-hybridized carbons (Fsp3) is 0.417. The first-order chi connectivity index (χ1) is 7.73. The molecule has 0 bridgehead atoms. The monoisotopic (exact) mass is 294 g/mol. The number of alkyl halides is 3. The third-order valence-electron chi connectivity index (χ3n) is 2.29. The highest BCUT2D eigenvalue weighted by Gasteiger charge is 2.38. The maximum Gasteiger partial charge on any atom is 0.303 e. The molecule has 0 radical (unpaired) electrons. The van der Waals surface area contributed by atoms with Crippen molar-refractivity contribution in [3.05, 3.63) is 35.9 Å². The van der Waals surface area contributed by atoms with Gasteiger partial charge in [-0.2, -0.15) is 0 Å². The second kappa shape index (κ2) is 5.47. The molecule has 1 atom stereocenters. The summed E-state index contributed by atoms with van der Waals surface area (Å²) in [7, 11) is 0. The van der Waals surface area contributed by atoms with Gasteiger partial charge in [0.2, 0.25) is 0 Å². The molecule has 0 aliphatic heterocycles. The van der Waals surface area contributed by atoms with Crippen molar-refractivity contribution in [3.8, 4) is 0 Å². The summed E-state index contributed by atoms with van der Waals surface area (Å²) in [6, 6.07) is 9.22. The van der Waals surface area contributed by atoms with Crippen molar-refractivity contribution in [2.75, 3.05) is 0 Å². The highest BCUT2D eigenvalue weighted by molar-refractivity contribution is 6.67. The average Bonchev–Trinajstić information content (AvgIpc) is 2.14. The van der Waals surface area contributed by atoms with Crippen LogP contribution in [0.3, 0.4) is 0 Å². The molecular formula is C12H13Cl3O2. The number of halogens is 3. The third kappa shape index (κ3) is 4.74. The van der Waals surface area contributed by atoms with Gasteiger partial charge in [0.15, 0.2) is 3.79 Å². The van der Waals surface area contributed by atoms with E-state index in [4.69, 9.17) is 39.5 Å². The van der Waals surface area contributed by atoms with Crippen LogP contribution in [0.1, 0.15) is 25.8 Å². The van der Waals surface area contributed by atoms with Crippen LogP contribution in [0, 0.1) is 0 Å². The lowest BCUT2D eigenvalue weighted by atomic mass is 9.93. The number of hydrogen-bond donors (Lipinski definition) is 0. The lowest BCUT2D eigenvalue weighted by Gasteiger charge is -2.32. The van der Waals surface area contributed by atoms with Crippen molar-refractivity contribution in [2.45, 2.75) is 29.7 Å². The summed E-state index contributed by atoms with van der Waals surface area (Å²) >= 11 is 17.4. The van der Waals surface area contributed by atoms with Crippen molar-refractivity contribution in [2.24, 2.45) is 0 Å². The Morgan fingerprint density at radius 2 is 1.76 bits per heavy atom. The van der Waals surface area contributed by atoms with E-state index in [1.165, 1.54) is 6.92 Å². The minimum atomic E-state index is -1.49. The predicted octanol–water partition coefficient (Wildman–Crippen LogP) is 4.23. The molecule has 0 aliphatic rings. The topological polar surface area (TPSA) is 26.3 Å². The van der Waals surface area contributed by atoms with Crippen LogP contribution < -0.4 is 0 Å². The van der Waals surface area contributed by atoms with Crippen molar-refractivity contribution < 1.29 is 9.53 Å². The summed E-state index contributed by atoms with van der Waals surface area (Å²) in [6.07, 6.45) is 0.0915. The molecule has 2 nitrogen and oxygen atoms in total. The van der Waals surface area contributed by atoms with Gasteiger partial charge < -0.3 is 4.74 Å². The van der Waals surface area contributed by atoms with Crippen LogP contribution in [0.25, 0.3) is 0 Å². The maximum atomic E-state index is 11.2. The Kier molecular flexibility index (Phi) is 4.70. The predicted molar refractivity (Wildman–Crippen MR) is 70.5 cm³/mol. The van der Waals surface area contributed by atoms with Gasteiger partial charge in [-0.3, -0.25) is 4.79 Å². The van der Waals surface area contributed by atoms with Crippen molar-refractivity contribution >= 4 is 40.8 Å². The van der Waals surface area contributed by atoms with Crippen LogP contribution in [0.15, 0.2) is 30.3 Å². The molecule has 0 heterocycles. The van der Waals surface area contributed by atoms with E-state index in [2.05, 4.69) is 0 Å². The third-order valence-corrected chi connectivity index (χ3v) is 2.69. The first-order valence-electron chi connectivity index (χ1n) is 5.05. The van der Waals surface area contributed by atoms with Gasteiger partial charge in [-0.05, 0) is 12.5 Å². The minimum absolute atomic E-state index is 0.0915. The highest BCUT2D eigenvalue weighted by atomic mass is 35.6. The standard InChI is InChI=1S/C12H13Cl3O2/c1-9(16)17-11(2,8-12(13,14)15)10-6-4-3-5-7-10/h3-7H,8H2,1-2H3. The van der Waals surface area contributed by atoms with Gasteiger partial charge >= 0.3 is 5.97 Å². The largest absolute Gasteiger partial charge is 0.454 e. The smallest absolute Gasteiger partial charge is 0.303 e. The number of esters is 1. The number of carbonyl (C=O) groups is 1. The number of ether oxygens (including phenoxy) is 1. The van der Waals surface area contributed by atoms with Gasteiger partial charge in [-0.1, -0.05) is 65.1 Å². The molecule has 0 saturated heterocycles. The molecule has 0 fully saturated rings. The maximum absolute atomic E-state index is 11.2. The van der Waals surface area contributed by atoms with Gasteiger partial charge in [0, 0.05) is 13.3 Å². The minimum Gasteiger partial charge on any atom is -0.454 e. The first kappa shape index (κ1) is 14.6. The second-order valence-electron chi connectivity index (χ2n) is 3.98. The van der Waals surface area contributed by atoms with Crippen molar-refractivity contribution in [1.82, 2.24) is 0 Å².